The molecule has 3 heterocycles. The van der Waals surface area contributed by atoms with Crippen LogP contribution in [0.3, 0.4) is 0 Å². The summed E-state index contributed by atoms with van der Waals surface area (Å²) in [6.07, 6.45) is 3.69. The largest absolute Gasteiger partial charge is 0.497 e. The maximum absolute atomic E-state index is 12.7. The molecule has 0 radical (unpaired) electrons. The molecule has 2 saturated heterocycles. The smallest absolute Gasteiger partial charge is 0.325 e. The quantitative estimate of drug-likeness (QED) is 0.732. The third-order valence-electron chi connectivity index (χ3n) is 5.15. The number of hydrogen-bond acceptors (Lipinski definition) is 6. The van der Waals surface area contributed by atoms with Crippen LogP contribution in [0.15, 0.2) is 42.9 Å². The summed E-state index contributed by atoms with van der Waals surface area (Å²) < 4.78 is 11.0. The minimum Gasteiger partial charge on any atom is -0.497 e. The molecule has 9 nitrogen and oxygen atoms in total. The lowest BCUT2D eigenvalue weighted by atomic mass is 10.3. The fourth-order valence-corrected chi connectivity index (χ4v) is 3.56. The van der Waals surface area contributed by atoms with Crippen LogP contribution < -0.4 is 14.4 Å². The highest BCUT2D eigenvalue weighted by Gasteiger charge is 2.34. The Bertz CT molecular complexity index is 861. The van der Waals surface area contributed by atoms with Gasteiger partial charge < -0.3 is 19.3 Å². The van der Waals surface area contributed by atoms with Gasteiger partial charge in [-0.15, -0.1) is 0 Å². The van der Waals surface area contributed by atoms with Crippen LogP contribution in [0.5, 0.6) is 11.6 Å². The number of anilines is 1. The Hall–Kier alpha value is -3.36. The Balaban J connectivity index is 1.30. The summed E-state index contributed by atoms with van der Waals surface area (Å²) in [4.78, 5) is 38.3. The summed E-state index contributed by atoms with van der Waals surface area (Å²) in [7, 11) is 1.60. The van der Waals surface area contributed by atoms with E-state index in [4.69, 9.17) is 9.47 Å². The third kappa shape index (κ3) is 4.23. The number of nitrogens with zero attached hydrogens (tertiary/aromatic N) is 5. The number of likely N-dealkylation sites (tertiary alicyclic amines) is 1. The number of amides is 3. The SMILES string of the molecule is COc1ccc(N2CCN(CC(=O)N3CC[C@H](Oc4ccncn4)C3)C2=O)cc1. The molecule has 2 fully saturated rings. The molecule has 2 aromatic rings. The van der Waals surface area contributed by atoms with Crippen molar-refractivity contribution in [3.05, 3.63) is 42.9 Å². The Morgan fingerprint density at radius 3 is 2.72 bits per heavy atom. The van der Waals surface area contributed by atoms with Gasteiger partial charge in [0.2, 0.25) is 11.8 Å². The predicted molar refractivity (Wildman–Crippen MR) is 105 cm³/mol. The van der Waals surface area contributed by atoms with E-state index in [2.05, 4.69) is 9.97 Å². The van der Waals surface area contributed by atoms with E-state index in [0.717, 1.165) is 17.9 Å². The first-order valence-corrected chi connectivity index (χ1v) is 9.55. The van der Waals surface area contributed by atoms with E-state index >= 15 is 0 Å². The lowest BCUT2D eigenvalue weighted by Gasteiger charge is -2.22. The summed E-state index contributed by atoms with van der Waals surface area (Å²) in [5.74, 6) is 1.17. The van der Waals surface area contributed by atoms with Gasteiger partial charge in [-0.05, 0) is 24.3 Å². The number of hydrogen-bond donors (Lipinski definition) is 0. The minimum atomic E-state index is -0.156. The number of urea groups is 1. The highest BCUT2D eigenvalue weighted by molar-refractivity contribution is 5.96. The van der Waals surface area contributed by atoms with Crippen LogP contribution in [0.4, 0.5) is 10.5 Å². The zero-order valence-corrected chi connectivity index (χ0v) is 16.2. The molecular formula is C20H23N5O4. The van der Waals surface area contributed by atoms with Crippen molar-refractivity contribution in [2.45, 2.75) is 12.5 Å². The lowest BCUT2D eigenvalue weighted by molar-refractivity contribution is -0.130. The molecule has 1 aromatic carbocycles. The Morgan fingerprint density at radius 1 is 1.17 bits per heavy atom. The van der Waals surface area contributed by atoms with Gasteiger partial charge in [-0.1, -0.05) is 0 Å². The minimum absolute atomic E-state index is 0.0660. The Labute approximate surface area is 168 Å². The van der Waals surface area contributed by atoms with E-state index in [1.165, 1.54) is 6.33 Å². The highest BCUT2D eigenvalue weighted by atomic mass is 16.5. The molecule has 29 heavy (non-hydrogen) atoms. The summed E-state index contributed by atoms with van der Waals surface area (Å²) >= 11 is 0. The second-order valence-corrected chi connectivity index (χ2v) is 6.97. The molecule has 0 aliphatic carbocycles. The van der Waals surface area contributed by atoms with Crippen molar-refractivity contribution in [1.29, 1.82) is 0 Å². The molecule has 1 atom stereocenters. The Morgan fingerprint density at radius 2 is 2.00 bits per heavy atom. The van der Waals surface area contributed by atoms with Gasteiger partial charge in [-0.2, -0.15) is 0 Å². The van der Waals surface area contributed by atoms with Gasteiger partial charge in [0.15, 0.2) is 0 Å². The van der Waals surface area contributed by atoms with Gasteiger partial charge in [-0.3, -0.25) is 9.69 Å². The number of methoxy groups -OCH3 is 1. The summed E-state index contributed by atoms with van der Waals surface area (Å²) in [5.41, 5.74) is 0.797. The van der Waals surface area contributed by atoms with Crippen LogP contribution in [0.1, 0.15) is 6.42 Å². The summed E-state index contributed by atoms with van der Waals surface area (Å²) in [6, 6.07) is 8.87. The molecule has 0 saturated carbocycles. The first-order valence-electron chi connectivity index (χ1n) is 9.55. The van der Waals surface area contributed by atoms with E-state index in [1.807, 2.05) is 24.3 Å². The van der Waals surface area contributed by atoms with Crippen molar-refractivity contribution >= 4 is 17.6 Å². The lowest BCUT2D eigenvalue weighted by Crippen LogP contribution is -2.42. The van der Waals surface area contributed by atoms with E-state index < -0.39 is 0 Å². The molecule has 0 N–H and O–H groups in total. The second-order valence-electron chi connectivity index (χ2n) is 6.97. The van der Waals surface area contributed by atoms with Crippen molar-refractivity contribution in [2.24, 2.45) is 0 Å². The van der Waals surface area contributed by atoms with Gasteiger partial charge in [0.05, 0.1) is 13.7 Å². The number of ether oxygens (including phenoxy) is 2. The topological polar surface area (TPSA) is 88.1 Å². The molecule has 3 amide bonds. The fraction of sp³-hybridized carbons (Fsp3) is 0.400. The molecule has 4 rings (SSSR count). The molecule has 0 spiro atoms. The number of carbonyl (C=O) groups excluding carboxylic acids is 2. The van der Waals surface area contributed by atoms with Crippen LogP contribution in [-0.2, 0) is 4.79 Å². The molecule has 0 unspecified atom stereocenters. The van der Waals surface area contributed by atoms with Crippen LogP contribution in [0, 0.1) is 0 Å². The van der Waals surface area contributed by atoms with Gasteiger partial charge in [0, 0.05) is 44.0 Å². The molecule has 2 aliphatic rings. The van der Waals surface area contributed by atoms with E-state index in [0.29, 0.717) is 32.1 Å². The third-order valence-corrected chi connectivity index (χ3v) is 5.15. The first kappa shape index (κ1) is 19.0. The van der Waals surface area contributed by atoms with Gasteiger partial charge in [-0.25, -0.2) is 14.8 Å². The molecule has 1 aromatic heterocycles. The van der Waals surface area contributed by atoms with E-state index in [9.17, 15) is 9.59 Å². The molecule has 9 heteroatoms. The number of rotatable bonds is 6. The van der Waals surface area contributed by atoms with Crippen molar-refractivity contribution in [3.63, 3.8) is 0 Å². The standard InChI is InChI=1S/C20H23N5O4/c1-28-16-4-2-15(3-5-16)25-11-10-24(20(25)27)13-19(26)23-9-7-17(12-23)29-18-6-8-21-14-22-18/h2-6,8,14,17H,7,9-13H2,1H3/t17-/m0/s1. The van der Waals surface area contributed by atoms with Crippen LogP contribution >= 0.6 is 0 Å². The van der Waals surface area contributed by atoms with E-state index in [1.54, 1.807) is 34.1 Å². The number of aromatic nitrogens is 2. The average Bonchev–Trinajstić information content (AvgIpc) is 3.36. The highest BCUT2D eigenvalue weighted by Crippen LogP contribution is 2.23. The molecular weight excluding hydrogens is 374 g/mol. The van der Waals surface area contributed by atoms with Gasteiger partial charge in [0.1, 0.15) is 24.7 Å². The molecule has 0 bridgehead atoms. The van der Waals surface area contributed by atoms with Gasteiger partial charge in [0.25, 0.3) is 0 Å². The monoisotopic (exact) mass is 397 g/mol. The number of benzene rings is 1. The zero-order valence-electron chi connectivity index (χ0n) is 16.2. The predicted octanol–water partition coefficient (Wildman–Crippen LogP) is 1.41. The van der Waals surface area contributed by atoms with Crippen molar-refractivity contribution in [1.82, 2.24) is 19.8 Å². The van der Waals surface area contributed by atoms with Gasteiger partial charge >= 0.3 is 6.03 Å². The normalized spacial score (nSPS) is 19.0. The Kier molecular flexibility index (Phi) is 5.46. The molecule has 2 aliphatic heterocycles. The van der Waals surface area contributed by atoms with Crippen molar-refractivity contribution < 1.29 is 19.1 Å². The van der Waals surface area contributed by atoms with Crippen LogP contribution in [-0.4, -0.2) is 77.6 Å². The zero-order chi connectivity index (χ0) is 20.2. The maximum atomic E-state index is 12.7. The second kappa shape index (κ2) is 8.34. The van der Waals surface area contributed by atoms with E-state index in [-0.39, 0.29) is 24.6 Å². The first-order chi connectivity index (χ1) is 14.1. The van der Waals surface area contributed by atoms with Crippen LogP contribution in [0.25, 0.3) is 0 Å². The van der Waals surface area contributed by atoms with Crippen molar-refractivity contribution in [3.8, 4) is 11.6 Å². The summed E-state index contributed by atoms with van der Waals surface area (Å²) in [5, 5.41) is 0. The maximum Gasteiger partial charge on any atom is 0.325 e. The number of carbonyl (C=O) groups is 2. The molecule has 152 valence electrons. The fourth-order valence-electron chi connectivity index (χ4n) is 3.56. The van der Waals surface area contributed by atoms with Crippen LogP contribution in [0.2, 0.25) is 0 Å². The van der Waals surface area contributed by atoms with Crippen molar-refractivity contribution in [2.75, 3.05) is 44.7 Å². The summed E-state index contributed by atoms with van der Waals surface area (Å²) in [6.45, 7) is 2.25. The average molecular weight is 397 g/mol.